The Labute approximate surface area is 53.2 Å². The molecule has 0 saturated heterocycles. The minimum Gasteiger partial charge on any atom is -0.198 e. The average molecular weight is 151 g/mol. The van der Waals surface area contributed by atoms with Crippen LogP contribution in [0.5, 0.6) is 0 Å². The highest BCUT2D eigenvalue weighted by molar-refractivity contribution is 7.56. The van der Waals surface area contributed by atoms with E-state index in [4.69, 9.17) is 19.9 Å². The summed E-state index contributed by atoms with van der Waals surface area (Å²) in [7, 11) is -3.85. The maximum absolute atomic E-state index is 8.25. The second-order valence-electron chi connectivity index (χ2n) is 1.38. The quantitative estimate of drug-likeness (QED) is 0.311. The van der Waals surface area contributed by atoms with E-state index in [-0.39, 0.29) is 13.0 Å². The van der Waals surface area contributed by atoms with Crippen LogP contribution in [0.3, 0.4) is 0 Å². The Balaban J connectivity index is 3.20. The summed E-state index contributed by atoms with van der Waals surface area (Å²) in [6.07, 6.45) is 0.142. The molecule has 0 fully saturated rings. The normalized spacial score (nSPS) is 10.9. The van der Waals surface area contributed by atoms with Gasteiger partial charge < -0.3 is 0 Å². The molecular formula is C3H8N2O3P+. The maximum atomic E-state index is 8.25. The number of rotatable bonds is 3. The molecule has 0 aromatic carbocycles. The van der Waals surface area contributed by atoms with Crippen LogP contribution < -0.4 is 5.09 Å². The molecule has 9 heavy (non-hydrogen) atoms. The molecule has 0 aliphatic heterocycles. The molecule has 0 radical (unpaired) electrons. The molecule has 0 aliphatic rings. The van der Waals surface area contributed by atoms with Crippen molar-refractivity contribution in [1.82, 2.24) is 5.09 Å². The van der Waals surface area contributed by atoms with E-state index in [0.29, 0.717) is 0 Å². The zero-order valence-corrected chi connectivity index (χ0v) is 5.54. The smallest absolute Gasteiger partial charge is 0.198 e. The lowest BCUT2D eigenvalue weighted by atomic mass is 10.5. The third-order valence-electron chi connectivity index (χ3n) is 0.561. The van der Waals surface area contributed by atoms with Crippen LogP contribution in [-0.2, 0) is 0 Å². The first-order chi connectivity index (χ1) is 4.06. The number of nitrogens with one attached hydrogen (secondary N) is 1. The standard InChI is InChI=1S/C3H8N2O3P/c4-2-1-3-5-9(6,7)8/h5-8H,1,3H2/q+1. The topological polar surface area (TPSA) is 96.5 Å². The van der Waals surface area contributed by atoms with Crippen molar-refractivity contribution in [1.29, 1.82) is 5.26 Å². The number of hydrogen-bond donors (Lipinski definition) is 4. The first kappa shape index (κ1) is 8.76. The molecule has 0 rings (SSSR count). The Hall–Kier alpha value is -0.240. The Morgan fingerprint density at radius 2 is 2.00 bits per heavy atom. The first-order valence-electron chi connectivity index (χ1n) is 2.25. The Bertz CT molecular complexity index is 115. The summed E-state index contributed by atoms with van der Waals surface area (Å²) in [4.78, 5) is 24.7. The summed E-state index contributed by atoms with van der Waals surface area (Å²) < 4.78 is 0. The largest absolute Gasteiger partial charge is 0.493 e. The van der Waals surface area contributed by atoms with Crippen molar-refractivity contribution >= 4 is 8.09 Å². The van der Waals surface area contributed by atoms with Crippen LogP contribution in [0.1, 0.15) is 6.42 Å². The molecule has 0 bridgehead atoms. The van der Waals surface area contributed by atoms with Gasteiger partial charge in [-0.2, -0.15) is 19.9 Å². The summed E-state index contributed by atoms with van der Waals surface area (Å²) in [6.45, 7) is 0.0910. The first-order valence-corrected chi connectivity index (χ1v) is 3.90. The van der Waals surface area contributed by atoms with Crippen LogP contribution >= 0.6 is 8.09 Å². The minimum absolute atomic E-state index is 0.0910. The van der Waals surface area contributed by atoms with Gasteiger partial charge in [0.25, 0.3) is 0 Å². The van der Waals surface area contributed by atoms with Crippen LogP contribution in [0.25, 0.3) is 0 Å². The molecule has 0 aliphatic carbocycles. The van der Waals surface area contributed by atoms with Crippen LogP contribution in [0.15, 0.2) is 0 Å². The van der Waals surface area contributed by atoms with E-state index in [0.717, 1.165) is 0 Å². The summed E-state index contributed by atoms with van der Waals surface area (Å²) in [5, 5.41) is 9.92. The minimum atomic E-state index is -3.85. The Morgan fingerprint density at radius 3 is 2.33 bits per heavy atom. The fourth-order valence-corrected chi connectivity index (χ4v) is 0.674. The van der Waals surface area contributed by atoms with E-state index in [1.54, 1.807) is 6.07 Å². The van der Waals surface area contributed by atoms with Gasteiger partial charge in [0.2, 0.25) is 0 Å². The van der Waals surface area contributed by atoms with Gasteiger partial charge in [-0.1, -0.05) is 0 Å². The summed E-state index contributed by atoms with van der Waals surface area (Å²) in [5.74, 6) is 0. The second kappa shape index (κ2) is 3.72. The summed E-state index contributed by atoms with van der Waals surface area (Å²) >= 11 is 0. The third kappa shape index (κ3) is 7.76. The van der Waals surface area contributed by atoms with Crippen molar-refractivity contribution in [3.63, 3.8) is 0 Å². The van der Waals surface area contributed by atoms with Crippen molar-refractivity contribution < 1.29 is 14.7 Å². The van der Waals surface area contributed by atoms with Gasteiger partial charge in [0, 0.05) is 0 Å². The molecule has 52 valence electrons. The molecule has 0 heterocycles. The highest BCUT2D eigenvalue weighted by Gasteiger charge is 2.28. The Morgan fingerprint density at radius 1 is 1.44 bits per heavy atom. The molecular weight excluding hydrogens is 143 g/mol. The van der Waals surface area contributed by atoms with Crippen LogP contribution in [0.2, 0.25) is 0 Å². The van der Waals surface area contributed by atoms with Crippen molar-refractivity contribution in [3.8, 4) is 6.07 Å². The number of nitriles is 1. The van der Waals surface area contributed by atoms with Crippen molar-refractivity contribution in [2.45, 2.75) is 6.42 Å². The van der Waals surface area contributed by atoms with E-state index in [9.17, 15) is 0 Å². The number of nitrogens with zero attached hydrogens (tertiary/aromatic N) is 1. The lowest BCUT2D eigenvalue weighted by molar-refractivity contribution is 0.314. The SMILES string of the molecule is N#CCCN[P+](O)(O)O. The van der Waals surface area contributed by atoms with E-state index >= 15 is 0 Å². The molecule has 5 nitrogen and oxygen atoms in total. The van der Waals surface area contributed by atoms with Gasteiger partial charge in [-0.3, -0.25) is 0 Å². The third-order valence-corrected chi connectivity index (χ3v) is 1.21. The summed E-state index contributed by atoms with van der Waals surface area (Å²) in [5.41, 5.74) is 0. The molecule has 0 amide bonds. The molecule has 0 unspecified atom stereocenters. The summed E-state index contributed by atoms with van der Waals surface area (Å²) in [6, 6.07) is 1.76. The molecule has 4 N–H and O–H groups in total. The van der Waals surface area contributed by atoms with Crippen LogP contribution in [0.4, 0.5) is 0 Å². The van der Waals surface area contributed by atoms with E-state index < -0.39 is 8.09 Å². The van der Waals surface area contributed by atoms with Crippen LogP contribution in [0, 0.1) is 11.3 Å². The fraction of sp³-hybridized carbons (Fsp3) is 0.667. The highest BCUT2D eigenvalue weighted by Crippen LogP contribution is 2.38. The van der Waals surface area contributed by atoms with Gasteiger partial charge in [-0.05, 0) is 0 Å². The average Bonchev–Trinajstić information content (AvgIpc) is 1.63. The zero-order chi connectivity index (χ0) is 7.33. The van der Waals surface area contributed by atoms with Gasteiger partial charge in [0.15, 0.2) is 0 Å². The predicted molar refractivity (Wildman–Crippen MR) is 31.8 cm³/mol. The van der Waals surface area contributed by atoms with Gasteiger partial charge in [-0.25, -0.2) is 0 Å². The molecule has 0 aromatic heterocycles. The zero-order valence-electron chi connectivity index (χ0n) is 4.65. The van der Waals surface area contributed by atoms with Crippen molar-refractivity contribution in [3.05, 3.63) is 0 Å². The predicted octanol–water partition coefficient (Wildman–Crippen LogP) is -0.856. The second-order valence-corrected chi connectivity index (χ2v) is 2.84. The van der Waals surface area contributed by atoms with E-state index in [1.165, 1.54) is 0 Å². The van der Waals surface area contributed by atoms with Gasteiger partial charge in [0.05, 0.1) is 19.0 Å². The van der Waals surface area contributed by atoms with Crippen molar-refractivity contribution in [2.75, 3.05) is 6.54 Å². The van der Waals surface area contributed by atoms with Gasteiger partial charge in [-0.15, -0.1) is 5.09 Å². The Kier molecular flexibility index (Phi) is 3.62. The highest BCUT2D eigenvalue weighted by atomic mass is 31.2. The molecule has 0 aromatic rings. The molecule has 0 atom stereocenters. The van der Waals surface area contributed by atoms with Crippen LogP contribution in [-0.4, -0.2) is 21.2 Å². The van der Waals surface area contributed by atoms with Crippen molar-refractivity contribution in [2.24, 2.45) is 0 Å². The van der Waals surface area contributed by atoms with E-state index in [2.05, 4.69) is 0 Å². The van der Waals surface area contributed by atoms with Gasteiger partial charge in [0.1, 0.15) is 0 Å². The van der Waals surface area contributed by atoms with E-state index in [1.807, 2.05) is 5.09 Å². The maximum Gasteiger partial charge on any atom is 0.493 e. The lowest BCUT2D eigenvalue weighted by Gasteiger charge is -2.00. The molecule has 0 saturated carbocycles. The lowest BCUT2D eigenvalue weighted by Crippen LogP contribution is -2.15. The fourth-order valence-electron chi connectivity index (χ4n) is 0.262. The van der Waals surface area contributed by atoms with Gasteiger partial charge >= 0.3 is 8.09 Å². The molecule has 0 spiro atoms. The molecule has 6 heteroatoms. The monoisotopic (exact) mass is 151 g/mol. The number of hydrogen-bond acceptors (Lipinski definition) is 5.